The van der Waals surface area contributed by atoms with E-state index < -0.39 is 13.2 Å². The van der Waals surface area contributed by atoms with Gasteiger partial charge in [0.2, 0.25) is 11.8 Å². The summed E-state index contributed by atoms with van der Waals surface area (Å²) in [7, 11) is -1.61. The molecule has 0 aliphatic heterocycles. The molecule has 0 spiro atoms. The second kappa shape index (κ2) is 9.72. The number of fused-ring (bicyclic) bond motifs is 1. The Bertz CT molecular complexity index is 871. The summed E-state index contributed by atoms with van der Waals surface area (Å²) < 4.78 is 0. The zero-order chi connectivity index (χ0) is 20.8. The molecule has 1 unspecified atom stereocenters. The van der Waals surface area contributed by atoms with Gasteiger partial charge in [-0.2, -0.15) is 0 Å². The van der Waals surface area contributed by atoms with Crippen LogP contribution in [0.5, 0.6) is 0 Å². The van der Waals surface area contributed by atoms with Gasteiger partial charge in [-0.3, -0.25) is 9.59 Å². The molecule has 152 valence electrons. The van der Waals surface area contributed by atoms with Crippen molar-refractivity contribution < 1.29 is 19.6 Å². The average Bonchev–Trinajstić information content (AvgIpc) is 2.71. The topological polar surface area (TPSA) is 98.7 Å². The number of nitrogens with one attached hydrogen (secondary N) is 2. The molecule has 0 fully saturated rings. The van der Waals surface area contributed by atoms with Gasteiger partial charge in [0.05, 0.1) is 24.8 Å². The summed E-state index contributed by atoms with van der Waals surface area (Å²) in [6.45, 7) is 1.96. The van der Waals surface area contributed by atoms with Crippen LogP contribution in [0.15, 0.2) is 48.5 Å². The highest BCUT2D eigenvalue weighted by Gasteiger charge is 2.29. The second-order valence-corrected chi connectivity index (χ2v) is 7.61. The van der Waals surface area contributed by atoms with Gasteiger partial charge in [-0.25, -0.2) is 0 Å². The monoisotopic (exact) mass is 394 g/mol. The van der Waals surface area contributed by atoms with Gasteiger partial charge in [-0.1, -0.05) is 54.1 Å². The van der Waals surface area contributed by atoms with E-state index in [9.17, 15) is 9.59 Å². The molecule has 0 radical (unpaired) electrons. The van der Waals surface area contributed by atoms with Crippen LogP contribution in [0.1, 0.15) is 53.5 Å². The van der Waals surface area contributed by atoms with Crippen LogP contribution in [0, 0.1) is 6.92 Å². The highest BCUT2D eigenvalue weighted by atomic mass is 16.4. The minimum atomic E-state index is -1.61. The van der Waals surface area contributed by atoms with Crippen LogP contribution in [-0.2, 0) is 16.0 Å². The number of benzene rings is 2. The second-order valence-electron chi connectivity index (χ2n) is 7.61. The molecule has 3 rings (SSSR count). The van der Waals surface area contributed by atoms with Crippen LogP contribution in [0.3, 0.4) is 0 Å². The molecule has 29 heavy (non-hydrogen) atoms. The third kappa shape index (κ3) is 5.68. The van der Waals surface area contributed by atoms with Crippen molar-refractivity contribution in [3.05, 3.63) is 70.8 Å². The number of hydrogen-bond donors (Lipinski definition) is 4. The highest BCUT2D eigenvalue weighted by Crippen LogP contribution is 2.32. The van der Waals surface area contributed by atoms with Gasteiger partial charge in [0.1, 0.15) is 0 Å². The summed E-state index contributed by atoms with van der Waals surface area (Å²) in [5.74, 6) is -0.665. The van der Waals surface area contributed by atoms with Crippen LogP contribution in [0.2, 0.25) is 0 Å². The van der Waals surface area contributed by atoms with Crippen molar-refractivity contribution in [2.45, 2.75) is 44.6 Å². The molecule has 4 N–H and O–H groups in total. The Balaban J connectivity index is 1.78. The molecular weight excluding hydrogens is 367 g/mol. The molecule has 0 saturated carbocycles. The van der Waals surface area contributed by atoms with Gasteiger partial charge in [0, 0.05) is 0 Å². The minimum Gasteiger partial charge on any atom is -0.426 e. The largest absolute Gasteiger partial charge is 0.472 e. The Kier molecular flexibility index (Phi) is 7.06. The average molecular weight is 394 g/mol. The maximum Gasteiger partial charge on any atom is 0.472 e. The number of rotatable bonds is 7. The van der Waals surface area contributed by atoms with E-state index in [0.29, 0.717) is 0 Å². The van der Waals surface area contributed by atoms with E-state index >= 15 is 0 Å². The molecule has 0 bridgehead atoms. The first-order chi connectivity index (χ1) is 13.9. The van der Waals surface area contributed by atoms with E-state index in [0.717, 1.165) is 36.0 Å². The summed E-state index contributed by atoms with van der Waals surface area (Å²) in [6.07, 6.45) is 2.50. The van der Waals surface area contributed by atoms with Crippen LogP contribution < -0.4 is 10.6 Å². The zero-order valence-corrected chi connectivity index (χ0v) is 16.6. The van der Waals surface area contributed by atoms with Gasteiger partial charge < -0.3 is 20.7 Å². The molecular formula is C22H27BN2O4. The molecule has 1 aliphatic rings. The van der Waals surface area contributed by atoms with E-state index in [4.69, 9.17) is 10.0 Å². The highest BCUT2D eigenvalue weighted by molar-refractivity contribution is 6.41. The SMILES string of the molecule is Cc1cccc(C(CC(=O)NCB(O)O)NC(=O)[C@H]2CCCc3ccccc32)c1. The van der Waals surface area contributed by atoms with E-state index in [2.05, 4.69) is 16.7 Å². The fraction of sp³-hybridized carbons (Fsp3) is 0.364. The van der Waals surface area contributed by atoms with E-state index in [1.807, 2.05) is 49.4 Å². The Labute approximate surface area is 171 Å². The number of amides is 2. The maximum absolute atomic E-state index is 13.2. The summed E-state index contributed by atoms with van der Waals surface area (Å²) in [5, 5.41) is 23.5. The summed E-state index contributed by atoms with van der Waals surface area (Å²) in [6, 6.07) is 15.2. The van der Waals surface area contributed by atoms with Gasteiger partial charge in [0.15, 0.2) is 0 Å². The van der Waals surface area contributed by atoms with Crippen molar-refractivity contribution in [1.29, 1.82) is 0 Å². The molecule has 6 nitrogen and oxygen atoms in total. The molecule has 2 amide bonds. The summed E-state index contributed by atoms with van der Waals surface area (Å²) in [5.41, 5.74) is 4.16. The molecule has 0 saturated heterocycles. The van der Waals surface area contributed by atoms with Crippen LogP contribution in [0.4, 0.5) is 0 Å². The van der Waals surface area contributed by atoms with E-state index in [1.165, 1.54) is 5.56 Å². The first-order valence-corrected chi connectivity index (χ1v) is 10.0. The lowest BCUT2D eigenvalue weighted by Crippen LogP contribution is -2.39. The Morgan fingerprint density at radius 2 is 1.97 bits per heavy atom. The lowest BCUT2D eigenvalue weighted by molar-refractivity contribution is -0.124. The zero-order valence-electron chi connectivity index (χ0n) is 16.6. The number of carbonyl (C=O) groups excluding carboxylic acids is 2. The number of carbonyl (C=O) groups is 2. The molecule has 7 heteroatoms. The van der Waals surface area contributed by atoms with Crippen molar-refractivity contribution in [3.63, 3.8) is 0 Å². The number of hydrogen-bond acceptors (Lipinski definition) is 4. The summed E-state index contributed by atoms with van der Waals surface area (Å²) in [4.78, 5) is 25.4. The normalized spacial score (nSPS) is 16.4. The molecule has 1 aliphatic carbocycles. The predicted molar refractivity (Wildman–Crippen MR) is 112 cm³/mol. The lowest BCUT2D eigenvalue weighted by atomic mass is 9.82. The van der Waals surface area contributed by atoms with Crippen molar-refractivity contribution in [2.75, 3.05) is 6.44 Å². The molecule has 0 heterocycles. The fourth-order valence-corrected chi connectivity index (χ4v) is 3.90. The summed E-state index contributed by atoms with van der Waals surface area (Å²) >= 11 is 0. The minimum absolute atomic E-state index is 0.0241. The molecule has 2 aromatic rings. The van der Waals surface area contributed by atoms with Crippen molar-refractivity contribution >= 4 is 18.9 Å². The van der Waals surface area contributed by atoms with Crippen molar-refractivity contribution in [1.82, 2.24) is 10.6 Å². The molecule has 0 aromatic heterocycles. The van der Waals surface area contributed by atoms with Gasteiger partial charge in [0.25, 0.3) is 0 Å². The van der Waals surface area contributed by atoms with Crippen LogP contribution in [-0.4, -0.2) is 35.4 Å². The lowest BCUT2D eigenvalue weighted by Gasteiger charge is -2.27. The smallest absolute Gasteiger partial charge is 0.426 e. The van der Waals surface area contributed by atoms with Crippen LogP contribution >= 0.6 is 0 Å². The Morgan fingerprint density at radius 3 is 2.72 bits per heavy atom. The van der Waals surface area contributed by atoms with Crippen molar-refractivity contribution in [3.8, 4) is 0 Å². The van der Waals surface area contributed by atoms with Gasteiger partial charge in [-0.05, 0) is 42.9 Å². The number of aryl methyl sites for hydroxylation is 2. The Morgan fingerprint density at radius 1 is 1.17 bits per heavy atom. The molecule has 2 aromatic carbocycles. The first kappa shape index (κ1) is 21.1. The van der Waals surface area contributed by atoms with E-state index in [1.54, 1.807) is 0 Å². The standard InChI is InChI=1S/C22H27BN2O4/c1-15-6-4-9-17(12-15)20(13-21(26)24-14-23(28)29)25-22(27)19-11-5-8-16-7-2-3-10-18(16)19/h2-4,6-7,9-10,12,19-20,28-29H,5,8,11,13-14H2,1H3,(H,24,26)(H,25,27)/t19-,20?/m0/s1. The maximum atomic E-state index is 13.2. The van der Waals surface area contributed by atoms with Gasteiger partial charge in [-0.15, -0.1) is 0 Å². The third-order valence-electron chi connectivity index (χ3n) is 5.32. The molecule has 2 atom stereocenters. The first-order valence-electron chi connectivity index (χ1n) is 10.0. The third-order valence-corrected chi connectivity index (χ3v) is 5.32. The Hall–Kier alpha value is -2.64. The van der Waals surface area contributed by atoms with Gasteiger partial charge >= 0.3 is 7.12 Å². The fourth-order valence-electron chi connectivity index (χ4n) is 3.90. The van der Waals surface area contributed by atoms with Crippen LogP contribution in [0.25, 0.3) is 0 Å². The van der Waals surface area contributed by atoms with E-state index in [-0.39, 0.29) is 30.6 Å². The predicted octanol–water partition coefficient (Wildman–Crippen LogP) is 1.79. The quantitative estimate of drug-likeness (QED) is 0.538. The van der Waals surface area contributed by atoms with Crippen molar-refractivity contribution in [2.24, 2.45) is 0 Å².